The van der Waals surface area contributed by atoms with Gasteiger partial charge in [0.15, 0.2) is 0 Å². The number of benzene rings is 2. The second-order valence-corrected chi connectivity index (χ2v) is 11.8. The predicted molar refractivity (Wildman–Crippen MR) is 131 cm³/mol. The van der Waals surface area contributed by atoms with E-state index in [1.54, 1.807) is 41.3 Å². The van der Waals surface area contributed by atoms with Crippen LogP contribution in [0.5, 0.6) is 0 Å². The third kappa shape index (κ3) is 4.44. The smallest absolute Gasteiger partial charge is 0.313 e. The number of carbonyl (C=O) groups is 2. The highest BCUT2D eigenvalue weighted by Crippen LogP contribution is 2.48. The molecule has 4 atom stereocenters. The van der Waals surface area contributed by atoms with E-state index >= 15 is 0 Å². The molecule has 0 aromatic heterocycles. The average Bonchev–Trinajstić information content (AvgIpc) is 2.78. The first kappa shape index (κ1) is 25.0. The Hall–Kier alpha value is -2.13. The molecule has 10 heteroatoms. The minimum absolute atomic E-state index is 0.254. The van der Waals surface area contributed by atoms with Crippen molar-refractivity contribution in [2.75, 3.05) is 13.3 Å². The summed E-state index contributed by atoms with van der Waals surface area (Å²) < 4.78 is 26.2. The Morgan fingerprint density at radius 1 is 1.09 bits per heavy atom. The van der Waals surface area contributed by atoms with Crippen molar-refractivity contribution in [1.29, 1.82) is 0 Å². The molecule has 182 valence electrons. The fourth-order valence-corrected chi connectivity index (χ4v) is 6.60. The maximum Gasteiger partial charge on any atom is 0.313 e. The zero-order chi connectivity index (χ0) is 24.8. The Morgan fingerprint density at radius 2 is 1.76 bits per heavy atom. The minimum atomic E-state index is -3.54. The molecule has 1 amide bonds. The molecule has 2 aromatic rings. The van der Waals surface area contributed by atoms with Crippen LogP contribution in [0.15, 0.2) is 42.5 Å². The van der Waals surface area contributed by atoms with Crippen LogP contribution in [0.3, 0.4) is 0 Å². The molecule has 0 radical (unpaired) electrons. The zero-order valence-electron chi connectivity index (χ0n) is 18.8. The summed E-state index contributed by atoms with van der Waals surface area (Å²) in [6.07, 6.45) is 3.86. The number of hydrogen-bond donors (Lipinski definition) is 1. The molecule has 7 nitrogen and oxygen atoms in total. The van der Waals surface area contributed by atoms with E-state index in [1.807, 2.05) is 0 Å². The first-order valence-electron chi connectivity index (χ1n) is 11.0. The molecule has 1 fully saturated rings. The average molecular weight is 525 g/mol. The number of carboxylic acids is 1. The van der Waals surface area contributed by atoms with Crippen LogP contribution in [0.1, 0.15) is 59.1 Å². The van der Waals surface area contributed by atoms with Gasteiger partial charge in [-0.05, 0) is 42.2 Å². The van der Waals surface area contributed by atoms with Crippen LogP contribution in [0.4, 0.5) is 0 Å². The number of amides is 1. The maximum absolute atomic E-state index is 14.0. The van der Waals surface area contributed by atoms with Gasteiger partial charge < -0.3 is 10.0 Å². The number of sulfonamides is 1. The van der Waals surface area contributed by atoms with E-state index in [0.717, 1.165) is 19.1 Å². The quantitative estimate of drug-likeness (QED) is 0.618. The van der Waals surface area contributed by atoms with Crippen LogP contribution < -0.4 is 0 Å². The van der Waals surface area contributed by atoms with Gasteiger partial charge in [-0.3, -0.25) is 9.59 Å². The van der Waals surface area contributed by atoms with Crippen molar-refractivity contribution in [2.45, 2.75) is 49.7 Å². The number of aliphatic carboxylic acids is 1. The number of carboxylic acid groups (broad SMARTS) is 1. The summed E-state index contributed by atoms with van der Waals surface area (Å²) >= 11 is 12.7. The van der Waals surface area contributed by atoms with E-state index in [1.165, 1.54) is 17.4 Å². The number of fused-ring (bicyclic) bond motifs is 1. The highest BCUT2D eigenvalue weighted by Gasteiger charge is 2.50. The fraction of sp³-hybridized carbons (Fsp3) is 0.417. The van der Waals surface area contributed by atoms with Gasteiger partial charge >= 0.3 is 5.97 Å². The second kappa shape index (κ2) is 9.49. The van der Waals surface area contributed by atoms with Crippen LogP contribution in [-0.2, 0) is 14.8 Å². The van der Waals surface area contributed by atoms with Gasteiger partial charge in [0.1, 0.15) is 5.92 Å². The molecule has 0 saturated heterocycles. The summed E-state index contributed by atoms with van der Waals surface area (Å²) in [5, 5.41) is 11.0. The summed E-state index contributed by atoms with van der Waals surface area (Å²) in [7, 11) is -2.03. The fourth-order valence-electron chi connectivity index (χ4n) is 5.34. The third-order valence-electron chi connectivity index (χ3n) is 6.96. The van der Waals surface area contributed by atoms with Crippen molar-refractivity contribution in [2.24, 2.45) is 0 Å². The number of halogens is 2. The molecular formula is C24H26Cl2N2O5S. The summed E-state index contributed by atoms with van der Waals surface area (Å²) in [5.74, 6) is -2.51. The molecule has 2 aromatic carbocycles. The number of nitrogens with zero attached hydrogens (tertiary/aromatic N) is 2. The monoisotopic (exact) mass is 524 g/mol. The minimum Gasteiger partial charge on any atom is -0.481 e. The Labute approximate surface area is 209 Å². The van der Waals surface area contributed by atoms with E-state index in [9.17, 15) is 23.1 Å². The van der Waals surface area contributed by atoms with Crippen molar-refractivity contribution in [3.05, 3.63) is 69.2 Å². The first-order valence-corrected chi connectivity index (χ1v) is 13.6. The molecule has 1 heterocycles. The number of likely N-dealkylation sites (N-methyl/N-ethyl adjacent to an activating group) is 1. The molecule has 1 aliphatic heterocycles. The van der Waals surface area contributed by atoms with Crippen LogP contribution in [0.25, 0.3) is 0 Å². The van der Waals surface area contributed by atoms with Gasteiger partial charge in [-0.1, -0.05) is 60.3 Å². The molecule has 4 unspecified atom stereocenters. The largest absolute Gasteiger partial charge is 0.481 e. The lowest BCUT2D eigenvalue weighted by Gasteiger charge is -2.50. The lowest BCUT2D eigenvalue weighted by Crippen LogP contribution is -2.58. The van der Waals surface area contributed by atoms with Gasteiger partial charge in [-0.2, -0.15) is 0 Å². The topological polar surface area (TPSA) is 95.0 Å². The predicted octanol–water partition coefficient (Wildman–Crippen LogP) is 4.56. The summed E-state index contributed by atoms with van der Waals surface area (Å²) in [4.78, 5) is 28.2. The van der Waals surface area contributed by atoms with Gasteiger partial charge in [0.25, 0.3) is 5.91 Å². The molecule has 4 rings (SSSR count). The standard InChI is InChI=1S/C24H26Cl2N2O5S/c1-27(34(2,32)33)19-9-5-6-10-20(19)28-22(17-12-11-14(25)13-18(17)26)21(24(30)31)15-7-3-4-8-16(15)23(28)29/h3-4,7-8,11-13,19-22H,5-6,9-10H2,1-2H3,(H,30,31). The van der Waals surface area contributed by atoms with Gasteiger partial charge in [-0.15, -0.1) is 0 Å². The van der Waals surface area contributed by atoms with Crippen molar-refractivity contribution in [3.8, 4) is 0 Å². The van der Waals surface area contributed by atoms with Crippen molar-refractivity contribution in [3.63, 3.8) is 0 Å². The third-order valence-corrected chi connectivity index (χ3v) is 8.84. The van der Waals surface area contributed by atoms with E-state index in [4.69, 9.17) is 23.2 Å². The van der Waals surface area contributed by atoms with Gasteiger partial charge in [0.05, 0.1) is 12.3 Å². The van der Waals surface area contributed by atoms with E-state index < -0.39 is 40.0 Å². The Balaban J connectivity index is 1.95. The molecule has 1 aliphatic carbocycles. The number of rotatable bonds is 5. The molecule has 0 bridgehead atoms. The van der Waals surface area contributed by atoms with Crippen LogP contribution in [-0.4, -0.2) is 60.0 Å². The van der Waals surface area contributed by atoms with Crippen molar-refractivity contribution >= 4 is 45.1 Å². The summed E-state index contributed by atoms with van der Waals surface area (Å²) in [6, 6.07) is 9.55. The SMILES string of the molecule is CN(C1CCCCC1N1C(=O)c2ccccc2C(C(=O)O)C1c1ccc(Cl)cc1Cl)S(C)(=O)=O. The molecule has 1 N–H and O–H groups in total. The Morgan fingerprint density at radius 3 is 2.41 bits per heavy atom. The molecule has 0 spiro atoms. The number of carbonyl (C=O) groups excluding carboxylic acids is 1. The molecular weight excluding hydrogens is 499 g/mol. The lowest BCUT2D eigenvalue weighted by atomic mass is 9.77. The molecule has 1 saturated carbocycles. The van der Waals surface area contributed by atoms with Crippen molar-refractivity contribution in [1.82, 2.24) is 9.21 Å². The normalized spacial score (nSPS) is 25.3. The number of hydrogen-bond acceptors (Lipinski definition) is 4. The van der Waals surface area contributed by atoms with E-state index in [2.05, 4.69) is 0 Å². The van der Waals surface area contributed by atoms with E-state index in [-0.39, 0.29) is 10.9 Å². The van der Waals surface area contributed by atoms with Crippen LogP contribution in [0, 0.1) is 0 Å². The summed E-state index contributed by atoms with van der Waals surface area (Å²) in [5.41, 5.74) is 1.19. The maximum atomic E-state index is 14.0. The van der Waals surface area contributed by atoms with Gasteiger partial charge in [0.2, 0.25) is 10.0 Å². The van der Waals surface area contributed by atoms with Crippen LogP contribution >= 0.6 is 23.2 Å². The zero-order valence-corrected chi connectivity index (χ0v) is 21.1. The molecule has 2 aliphatic rings. The highest BCUT2D eigenvalue weighted by atomic mass is 35.5. The first-order chi connectivity index (χ1) is 16.0. The van der Waals surface area contributed by atoms with Gasteiger partial charge in [-0.25, -0.2) is 12.7 Å². The van der Waals surface area contributed by atoms with Crippen molar-refractivity contribution < 1.29 is 23.1 Å². The Bertz CT molecular complexity index is 1240. The second-order valence-electron chi connectivity index (χ2n) is 8.92. The summed E-state index contributed by atoms with van der Waals surface area (Å²) in [6.45, 7) is 0. The highest BCUT2D eigenvalue weighted by molar-refractivity contribution is 7.88. The molecule has 34 heavy (non-hydrogen) atoms. The Kier molecular flexibility index (Phi) is 6.97. The van der Waals surface area contributed by atoms with Gasteiger partial charge in [0, 0.05) is 34.7 Å². The lowest BCUT2D eigenvalue weighted by molar-refractivity contribution is -0.141. The van der Waals surface area contributed by atoms with Crippen LogP contribution in [0.2, 0.25) is 10.0 Å². The van der Waals surface area contributed by atoms with E-state index in [0.29, 0.717) is 34.6 Å².